The number of amides is 1. The summed E-state index contributed by atoms with van der Waals surface area (Å²) >= 11 is 1.13. The molecule has 0 fully saturated rings. The van der Waals surface area contributed by atoms with Crippen LogP contribution in [-0.4, -0.2) is 22.7 Å². The predicted octanol–water partition coefficient (Wildman–Crippen LogP) is 1.91. The minimum Gasteiger partial charge on any atom is -0.302 e. The number of nitrogens with zero attached hydrogens (tertiary/aromatic N) is 4. The second-order valence-electron chi connectivity index (χ2n) is 3.60. The second-order valence-corrected chi connectivity index (χ2v) is 4.60. The van der Waals surface area contributed by atoms with Gasteiger partial charge in [-0.3, -0.25) is 9.59 Å². The van der Waals surface area contributed by atoms with Crippen LogP contribution in [0, 0.1) is 0 Å². The molecule has 1 heterocycles. The molecule has 1 N–H and O–H groups in total. The van der Waals surface area contributed by atoms with E-state index in [9.17, 15) is 9.59 Å². The van der Waals surface area contributed by atoms with Crippen molar-refractivity contribution in [1.82, 2.24) is 4.98 Å². The number of fused-ring (bicyclic) bond motifs is 1. The van der Waals surface area contributed by atoms with Gasteiger partial charge in [0.15, 0.2) is 10.9 Å². The topological polar surface area (TPSA) is 108 Å². The van der Waals surface area contributed by atoms with Crippen LogP contribution < -0.4 is 5.32 Å². The van der Waals surface area contributed by atoms with Gasteiger partial charge in [0.05, 0.1) is 10.6 Å². The van der Waals surface area contributed by atoms with Crippen LogP contribution in [0.5, 0.6) is 0 Å². The number of azide groups is 1. The zero-order valence-electron chi connectivity index (χ0n) is 9.01. The summed E-state index contributed by atoms with van der Waals surface area (Å²) in [5.74, 6) is -0.437. The number of anilines is 1. The van der Waals surface area contributed by atoms with E-state index >= 15 is 0 Å². The highest BCUT2D eigenvalue weighted by Gasteiger charge is 2.30. The third-order valence-corrected chi connectivity index (χ3v) is 3.38. The molecule has 8 heteroatoms. The average Bonchev–Trinajstić information content (AvgIpc) is 2.65. The molecule has 0 radical (unpaired) electrons. The maximum absolute atomic E-state index is 11.9. The first-order valence-corrected chi connectivity index (χ1v) is 5.79. The van der Waals surface area contributed by atoms with E-state index < -0.39 is 6.04 Å². The lowest BCUT2D eigenvalue weighted by molar-refractivity contribution is -0.114. The van der Waals surface area contributed by atoms with E-state index in [1.807, 2.05) is 0 Å². The van der Waals surface area contributed by atoms with E-state index in [0.717, 1.165) is 11.3 Å². The quantitative estimate of drug-likeness (QED) is 0.492. The minimum atomic E-state index is -0.641. The van der Waals surface area contributed by atoms with Crippen molar-refractivity contribution in [3.8, 4) is 0 Å². The first-order valence-electron chi connectivity index (χ1n) is 4.97. The summed E-state index contributed by atoms with van der Waals surface area (Å²) in [6.45, 7) is 1.38. The van der Waals surface area contributed by atoms with Crippen LogP contribution in [0.25, 0.3) is 10.4 Å². The monoisotopic (exact) mass is 251 g/mol. The number of rotatable bonds is 2. The van der Waals surface area contributed by atoms with Gasteiger partial charge in [0, 0.05) is 11.8 Å². The highest BCUT2D eigenvalue weighted by molar-refractivity contribution is 7.17. The van der Waals surface area contributed by atoms with Crippen molar-refractivity contribution in [3.05, 3.63) is 21.0 Å². The largest absolute Gasteiger partial charge is 0.302 e. The molecule has 1 aliphatic carbocycles. The summed E-state index contributed by atoms with van der Waals surface area (Å²) in [4.78, 5) is 30.1. The van der Waals surface area contributed by atoms with Crippen LogP contribution in [0.1, 0.15) is 28.7 Å². The predicted molar refractivity (Wildman–Crippen MR) is 62.0 cm³/mol. The molecule has 7 nitrogen and oxygen atoms in total. The van der Waals surface area contributed by atoms with Gasteiger partial charge in [-0.15, -0.1) is 0 Å². The van der Waals surface area contributed by atoms with Crippen LogP contribution in [-0.2, 0) is 11.2 Å². The maximum Gasteiger partial charge on any atom is 0.223 e. The summed E-state index contributed by atoms with van der Waals surface area (Å²) in [6, 6.07) is -0.641. The van der Waals surface area contributed by atoms with Gasteiger partial charge < -0.3 is 5.32 Å². The number of carbonyl (C=O) groups is 2. The van der Waals surface area contributed by atoms with Crippen LogP contribution in [0.4, 0.5) is 5.13 Å². The molecule has 17 heavy (non-hydrogen) atoms. The molecule has 1 aromatic heterocycles. The number of Topliss-reactive ketones (excluding diaryl/α,β-unsaturated/α-hetero) is 1. The van der Waals surface area contributed by atoms with E-state index in [1.54, 1.807) is 0 Å². The first kappa shape index (κ1) is 11.6. The fourth-order valence-electron chi connectivity index (χ4n) is 1.65. The number of thiazole rings is 1. The third-order valence-electron chi connectivity index (χ3n) is 2.35. The lowest BCUT2D eigenvalue weighted by Gasteiger charge is -2.14. The van der Waals surface area contributed by atoms with Crippen LogP contribution in [0.15, 0.2) is 5.11 Å². The molecule has 0 aliphatic heterocycles. The lowest BCUT2D eigenvalue weighted by atomic mass is 9.97. The zero-order valence-corrected chi connectivity index (χ0v) is 9.82. The molecule has 88 valence electrons. The van der Waals surface area contributed by atoms with Gasteiger partial charge in [0.25, 0.3) is 0 Å². The van der Waals surface area contributed by atoms with Crippen LogP contribution in [0.2, 0.25) is 0 Å². The van der Waals surface area contributed by atoms with Gasteiger partial charge in [-0.05, 0) is 18.4 Å². The molecular formula is C9H9N5O2S. The molecule has 0 saturated heterocycles. The molecular weight excluding hydrogens is 242 g/mol. The Bertz CT molecular complexity index is 531. The van der Waals surface area contributed by atoms with Gasteiger partial charge in [-0.25, -0.2) is 4.98 Å². The van der Waals surface area contributed by atoms with Crippen LogP contribution in [0.3, 0.4) is 0 Å². The van der Waals surface area contributed by atoms with Crippen molar-refractivity contribution >= 4 is 28.2 Å². The Hall–Kier alpha value is -1.92. The van der Waals surface area contributed by atoms with E-state index in [-0.39, 0.29) is 11.7 Å². The van der Waals surface area contributed by atoms with Crippen molar-refractivity contribution in [1.29, 1.82) is 0 Å². The van der Waals surface area contributed by atoms with E-state index in [2.05, 4.69) is 20.3 Å². The van der Waals surface area contributed by atoms with Gasteiger partial charge in [0.1, 0.15) is 6.04 Å². The standard InChI is InChI=1S/C9H9N5O2S/c1-4(15)11-9-12-6-3-2-5(13-14-10)7(16)8(6)17-9/h5H,2-3H2,1H3,(H,11,12,15). The molecule has 1 aromatic rings. The Labute approximate surface area is 100 Å². The number of aromatic nitrogens is 1. The fraction of sp³-hybridized carbons (Fsp3) is 0.444. The number of aryl methyl sites for hydroxylation is 1. The van der Waals surface area contributed by atoms with E-state index in [1.165, 1.54) is 6.92 Å². The van der Waals surface area contributed by atoms with E-state index in [4.69, 9.17) is 5.53 Å². The Morgan fingerprint density at radius 1 is 1.71 bits per heavy atom. The Balaban J connectivity index is 2.30. The number of hydrogen-bond donors (Lipinski definition) is 1. The number of ketones is 1. The Morgan fingerprint density at radius 2 is 2.47 bits per heavy atom. The van der Waals surface area contributed by atoms with Crippen molar-refractivity contribution in [3.63, 3.8) is 0 Å². The number of hydrogen-bond acceptors (Lipinski definition) is 5. The first-order chi connectivity index (χ1) is 8.11. The highest BCUT2D eigenvalue weighted by Crippen LogP contribution is 2.30. The molecule has 1 aliphatic rings. The van der Waals surface area contributed by atoms with Crippen molar-refractivity contribution < 1.29 is 9.59 Å². The van der Waals surface area contributed by atoms with Crippen molar-refractivity contribution in [2.24, 2.45) is 5.11 Å². The minimum absolute atomic E-state index is 0.210. The van der Waals surface area contributed by atoms with Gasteiger partial charge in [0.2, 0.25) is 5.91 Å². The second kappa shape index (κ2) is 4.52. The van der Waals surface area contributed by atoms with E-state index in [0.29, 0.717) is 28.5 Å². The average molecular weight is 251 g/mol. The molecule has 1 amide bonds. The molecule has 1 atom stereocenters. The summed E-state index contributed by atoms with van der Waals surface area (Å²) in [5, 5.41) is 6.41. The van der Waals surface area contributed by atoms with Gasteiger partial charge >= 0.3 is 0 Å². The molecule has 0 aromatic carbocycles. The zero-order chi connectivity index (χ0) is 12.4. The van der Waals surface area contributed by atoms with Crippen molar-refractivity contribution in [2.45, 2.75) is 25.8 Å². The number of nitrogens with one attached hydrogen (secondary N) is 1. The normalized spacial score (nSPS) is 18.2. The van der Waals surface area contributed by atoms with Gasteiger partial charge in [-0.1, -0.05) is 16.5 Å². The fourth-order valence-corrected chi connectivity index (χ4v) is 2.69. The number of carbonyl (C=O) groups excluding carboxylic acids is 2. The SMILES string of the molecule is CC(=O)Nc1nc2c(s1)C(=O)C(N=[N+]=[N-])CC2. The molecule has 0 bridgehead atoms. The molecule has 0 spiro atoms. The smallest absolute Gasteiger partial charge is 0.223 e. The maximum atomic E-state index is 11.9. The van der Waals surface area contributed by atoms with Crippen LogP contribution >= 0.6 is 11.3 Å². The molecule has 0 saturated carbocycles. The summed E-state index contributed by atoms with van der Waals surface area (Å²) in [7, 11) is 0. The summed E-state index contributed by atoms with van der Waals surface area (Å²) in [5.41, 5.74) is 9.02. The Morgan fingerprint density at radius 3 is 3.12 bits per heavy atom. The summed E-state index contributed by atoms with van der Waals surface area (Å²) in [6.07, 6.45) is 1.06. The lowest BCUT2D eigenvalue weighted by Crippen LogP contribution is -2.24. The molecule has 2 rings (SSSR count). The van der Waals surface area contributed by atoms with Crippen molar-refractivity contribution in [2.75, 3.05) is 5.32 Å². The molecule has 1 unspecified atom stereocenters. The Kier molecular flexibility index (Phi) is 3.08. The third kappa shape index (κ3) is 2.27. The van der Waals surface area contributed by atoms with Gasteiger partial charge in [-0.2, -0.15) is 0 Å². The highest BCUT2D eigenvalue weighted by atomic mass is 32.1. The summed E-state index contributed by atoms with van der Waals surface area (Å²) < 4.78 is 0.